The molecule has 1 aliphatic heterocycles. The van der Waals surface area contributed by atoms with Gasteiger partial charge in [-0.25, -0.2) is 0 Å². The quantitative estimate of drug-likeness (QED) is 0.451. The van der Waals surface area contributed by atoms with Crippen LogP contribution in [0, 0.1) is 0 Å². The van der Waals surface area contributed by atoms with Gasteiger partial charge in [-0.3, -0.25) is 9.69 Å². The molecule has 0 saturated carbocycles. The van der Waals surface area contributed by atoms with Crippen molar-refractivity contribution in [1.82, 2.24) is 0 Å². The van der Waals surface area contributed by atoms with Crippen LogP contribution < -0.4 is 9.64 Å². The van der Waals surface area contributed by atoms with Gasteiger partial charge in [0.1, 0.15) is 11.5 Å². The second-order valence-corrected chi connectivity index (χ2v) is 7.48. The number of thioether (sulfide) groups is 1. The number of furan rings is 1. The van der Waals surface area contributed by atoms with Crippen LogP contribution in [0.1, 0.15) is 11.3 Å². The van der Waals surface area contributed by atoms with Crippen LogP contribution in [0.3, 0.4) is 0 Å². The number of nitrogens with zero attached hydrogens (tertiary/aromatic N) is 3. The van der Waals surface area contributed by atoms with E-state index >= 15 is 0 Å². The molecule has 0 aliphatic carbocycles. The normalized spacial score (nSPS) is 18.1. The summed E-state index contributed by atoms with van der Waals surface area (Å²) in [6.45, 7) is 0. The maximum absolute atomic E-state index is 13.2. The standard InChI is InChI=1S/C22H19N3O3S/c1-27-18-11-9-16(10-12-18)14-20-21(26)25(17-6-3-2-4-7-17)22(29-20)24-23-15-19-8-5-13-28-19/h2-13,15,20H,14H2,1H3/b23-15-,24-22-/t20-/m0/s1. The summed E-state index contributed by atoms with van der Waals surface area (Å²) in [5.41, 5.74) is 1.83. The van der Waals surface area contributed by atoms with Crippen molar-refractivity contribution in [1.29, 1.82) is 0 Å². The Kier molecular flexibility index (Phi) is 5.76. The summed E-state index contributed by atoms with van der Waals surface area (Å²) >= 11 is 1.41. The van der Waals surface area contributed by atoms with Crippen molar-refractivity contribution < 1.29 is 13.9 Å². The van der Waals surface area contributed by atoms with Gasteiger partial charge in [-0.05, 0) is 48.4 Å². The Labute approximate surface area is 172 Å². The van der Waals surface area contributed by atoms with E-state index in [1.807, 2.05) is 54.6 Å². The van der Waals surface area contributed by atoms with Gasteiger partial charge in [-0.1, -0.05) is 42.1 Å². The first kappa shape index (κ1) is 19.0. The molecule has 0 radical (unpaired) electrons. The third-order valence-electron chi connectivity index (χ3n) is 4.40. The van der Waals surface area contributed by atoms with Gasteiger partial charge in [-0.2, -0.15) is 5.10 Å². The minimum absolute atomic E-state index is 0.0102. The van der Waals surface area contributed by atoms with Gasteiger partial charge < -0.3 is 9.15 Å². The Morgan fingerprint density at radius 1 is 1.10 bits per heavy atom. The van der Waals surface area contributed by atoms with Crippen molar-refractivity contribution in [2.45, 2.75) is 11.7 Å². The summed E-state index contributed by atoms with van der Waals surface area (Å²) in [6, 6.07) is 20.8. The molecule has 1 aromatic heterocycles. The lowest BCUT2D eigenvalue weighted by Crippen LogP contribution is -2.32. The van der Waals surface area contributed by atoms with Gasteiger partial charge in [0.25, 0.3) is 0 Å². The molecule has 1 amide bonds. The van der Waals surface area contributed by atoms with E-state index < -0.39 is 0 Å². The van der Waals surface area contributed by atoms with Crippen molar-refractivity contribution in [3.8, 4) is 5.75 Å². The second kappa shape index (κ2) is 8.79. The van der Waals surface area contributed by atoms with E-state index in [-0.39, 0.29) is 11.2 Å². The highest BCUT2D eigenvalue weighted by atomic mass is 32.2. The van der Waals surface area contributed by atoms with Crippen LogP contribution in [0.5, 0.6) is 5.75 Å². The maximum Gasteiger partial charge on any atom is 0.247 e. The van der Waals surface area contributed by atoms with Gasteiger partial charge in [0.05, 0.1) is 30.5 Å². The summed E-state index contributed by atoms with van der Waals surface area (Å²) in [5, 5.41) is 8.68. The number of carbonyl (C=O) groups excluding carboxylic acids is 1. The van der Waals surface area contributed by atoms with Crippen molar-refractivity contribution in [2.24, 2.45) is 10.2 Å². The molecule has 146 valence electrons. The molecular formula is C22H19N3O3S. The van der Waals surface area contributed by atoms with Crippen molar-refractivity contribution in [3.05, 3.63) is 84.3 Å². The number of benzene rings is 2. The third kappa shape index (κ3) is 4.41. The van der Waals surface area contributed by atoms with E-state index in [0.717, 1.165) is 17.0 Å². The Balaban J connectivity index is 1.58. The Bertz CT molecular complexity index is 1020. The predicted octanol–water partition coefficient (Wildman–Crippen LogP) is 4.37. The molecule has 1 fully saturated rings. The third-order valence-corrected chi connectivity index (χ3v) is 5.53. The summed E-state index contributed by atoms with van der Waals surface area (Å²) in [7, 11) is 1.63. The lowest BCUT2D eigenvalue weighted by atomic mass is 10.1. The molecule has 6 nitrogen and oxygen atoms in total. The first-order valence-corrected chi connectivity index (χ1v) is 9.95. The number of para-hydroxylation sites is 1. The number of carbonyl (C=O) groups is 1. The first-order valence-electron chi connectivity index (χ1n) is 9.08. The minimum atomic E-state index is -0.277. The molecule has 29 heavy (non-hydrogen) atoms. The number of methoxy groups -OCH3 is 1. The fourth-order valence-corrected chi connectivity index (χ4v) is 4.09. The molecule has 7 heteroatoms. The van der Waals surface area contributed by atoms with E-state index in [2.05, 4.69) is 10.2 Å². The Morgan fingerprint density at radius 2 is 1.90 bits per heavy atom. The Hall–Kier alpha value is -3.32. The van der Waals surface area contributed by atoms with Crippen molar-refractivity contribution in [3.63, 3.8) is 0 Å². The van der Waals surface area contributed by atoms with Crippen molar-refractivity contribution in [2.75, 3.05) is 12.0 Å². The molecule has 4 rings (SSSR count). The summed E-state index contributed by atoms with van der Waals surface area (Å²) in [4.78, 5) is 14.8. The van der Waals surface area contributed by atoms with Crippen LogP contribution >= 0.6 is 11.8 Å². The summed E-state index contributed by atoms with van der Waals surface area (Å²) in [5.74, 6) is 1.38. The number of hydrogen-bond acceptors (Lipinski definition) is 6. The first-order chi connectivity index (χ1) is 14.2. The van der Waals surface area contributed by atoms with Crippen LogP contribution in [0.25, 0.3) is 0 Å². The van der Waals surface area contributed by atoms with Gasteiger partial charge in [0.2, 0.25) is 5.91 Å². The number of hydrogen-bond donors (Lipinski definition) is 0. The van der Waals surface area contributed by atoms with Crippen molar-refractivity contribution >= 4 is 34.7 Å². The largest absolute Gasteiger partial charge is 0.497 e. The molecular weight excluding hydrogens is 386 g/mol. The molecule has 3 aromatic rings. The second-order valence-electron chi connectivity index (χ2n) is 6.31. The fourth-order valence-electron chi connectivity index (χ4n) is 2.96. The molecule has 1 atom stereocenters. The van der Waals surface area contributed by atoms with Crippen LogP contribution in [0.15, 0.2) is 87.6 Å². The topological polar surface area (TPSA) is 67.4 Å². The van der Waals surface area contributed by atoms with E-state index in [9.17, 15) is 4.79 Å². The van der Waals surface area contributed by atoms with Gasteiger partial charge in [-0.15, -0.1) is 5.10 Å². The highest BCUT2D eigenvalue weighted by Gasteiger charge is 2.39. The predicted molar refractivity (Wildman–Crippen MR) is 116 cm³/mol. The molecule has 2 heterocycles. The molecule has 1 aliphatic rings. The van der Waals surface area contributed by atoms with Crippen LogP contribution in [0.4, 0.5) is 5.69 Å². The molecule has 0 spiro atoms. The van der Waals surface area contributed by atoms with Gasteiger partial charge in [0, 0.05) is 0 Å². The van der Waals surface area contributed by atoms with E-state index in [4.69, 9.17) is 9.15 Å². The van der Waals surface area contributed by atoms with E-state index in [1.54, 1.807) is 30.4 Å². The van der Waals surface area contributed by atoms with Crippen LogP contribution in [-0.4, -0.2) is 29.6 Å². The highest BCUT2D eigenvalue weighted by molar-refractivity contribution is 8.16. The van der Waals surface area contributed by atoms with Gasteiger partial charge in [0.15, 0.2) is 5.17 Å². The average Bonchev–Trinajstić information content (AvgIpc) is 3.38. The number of amides is 1. The maximum atomic E-state index is 13.2. The highest BCUT2D eigenvalue weighted by Crippen LogP contribution is 2.34. The molecule has 0 bridgehead atoms. The Morgan fingerprint density at radius 3 is 2.59 bits per heavy atom. The van der Waals surface area contributed by atoms with Crippen LogP contribution in [-0.2, 0) is 11.2 Å². The summed E-state index contributed by atoms with van der Waals surface area (Å²) in [6.07, 6.45) is 3.69. The number of rotatable bonds is 6. The summed E-state index contributed by atoms with van der Waals surface area (Å²) < 4.78 is 10.4. The SMILES string of the molecule is COc1ccc(C[C@@H]2S/C(=N\N=C/c3ccco3)N(c3ccccc3)C2=O)cc1. The van der Waals surface area contributed by atoms with Crippen LogP contribution in [0.2, 0.25) is 0 Å². The lowest BCUT2D eigenvalue weighted by Gasteiger charge is -2.15. The molecule has 0 N–H and O–H groups in total. The fraction of sp³-hybridized carbons (Fsp3) is 0.136. The monoisotopic (exact) mass is 405 g/mol. The zero-order chi connectivity index (χ0) is 20.1. The number of anilines is 1. The smallest absolute Gasteiger partial charge is 0.247 e. The number of ether oxygens (including phenoxy) is 1. The average molecular weight is 405 g/mol. The van der Waals surface area contributed by atoms with E-state index in [1.165, 1.54) is 18.0 Å². The molecule has 1 saturated heterocycles. The molecule has 0 unspecified atom stereocenters. The minimum Gasteiger partial charge on any atom is -0.497 e. The van der Waals surface area contributed by atoms with Gasteiger partial charge >= 0.3 is 0 Å². The zero-order valence-corrected chi connectivity index (χ0v) is 16.6. The number of amidine groups is 1. The zero-order valence-electron chi connectivity index (χ0n) is 15.8. The van der Waals surface area contributed by atoms with E-state index in [0.29, 0.717) is 17.3 Å². The molecule has 2 aromatic carbocycles. The lowest BCUT2D eigenvalue weighted by molar-refractivity contribution is -0.116.